The lowest BCUT2D eigenvalue weighted by Crippen LogP contribution is -2.34. The summed E-state index contributed by atoms with van der Waals surface area (Å²) in [5, 5.41) is 4.80. The van der Waals surface area contributed by atoms with Gasteiger partial charge in [0.25, 0.3) is 5.91 Å². The molecule has 0 unspecified atom stereocenters. The zero-order valence-corrected chi connectivity index (χ0v) is 14.2. The van der Waals surface area contributed by atoms with Crippen LogP contribution in [0.1, 0.15) is 23.3 Å². The highest BCUT2D eigenvalue weighted by Crippen LogP contribution is 2.24. The average molecular weight is 364 g/mol. The minimum atomic E-state index is -0.670. The smallest absolute Gasteiger partial charge is 0.358 e. The number of hydrogen-bond donors (Lipinski definition) is 1. The number of esters is 1. The van der Waals surface area contributed by atoms with Crippen LogP contribution in [-0.2, 0) is 14.3 Å². The fourth-order valence-electron chi connectivity index (χ4n) is 2.38. The third-order valence-corrected chi connectivity index (χ3v) is 4.58. The topological polar surface area (TPSA) is 77.5 Å². The number of benzene rings is 1. The molecule has 132 valence electrons. The molecule has 0 aliphatic carbocycles. The Hall–Kier alpha value is -2.32. The van der Waals surface area contributed by atoms with Crippen molar-refractivity contribution >= 4 is 23.2 Å². The van der Waals surface area contributed by atoms with Gasteiger partial charge in [-0.15, -0.1) is 11.3 Å². The van der Waals surface area contributed by atoms with E-state index in [4.69, 9.17) is 9.47 Å². The Morgan fingerprint density at radius 2 is 2.16 bits per heavy atom. The molecule has 2 heterocycles. The molecular weight excluding hydrogens is 347 g/mol. The van der Waals surface area contributed by atoms with Crippen molar-refractivity contribution in [2.24, 2.45) is 0 Å². The van der Waals surface area contributed by atoms with Gasteiger partial charge in [-0.2, -0.15) is 0 Å². The van der Waals surface area contributed by atoms with Crippen LogP contribution in [0.5, 0.6) is 0 Å². The molecule has 2 aromatic rings. The molecule has 3 rings (SSSR count). The van der Waals surface area contributed by atoms with E-state index in [9.17, 15) is 14.0 Å². The van der Waals surface area contributed by atoms with E-state index in [1.807, 2.05) is 0 Å². The third kappa shape index (κ3) is 4.83. The number of halogens is 1. The van der Waals surface area contributed by atoms with Gasteiger partial charge in [0.1, 0.15) is 10.8 Å². The molecule has 1 aliphatic rings. The van der Waals surface area contributed by atoms with E-state index in [0.29, 0.717) is 17.1 Å². The number of nitrogens with one attached hydrogen (secondary N) is 1. The highest BCUT2D eigenvalue weighted by atomic mass is 32.1. The second-order valence-corrected chi connectivity index (χ2v) is 6.42. The van der Waals surface area contributed by atoms with Crippen molar-refractivity contribution in [1.82, 2.24) is 10.3 Å². The number of carbonyl (C=O) groups excluding carboxylic acids is 2. The van der Waals surface area contributed by atoms with Crippen LogP contribution in [0.4, 0.5) is 4.39 Å². The van der Waals surface area contributed by atoms with E-state index in [0.717, 1.165) is 19.4 Å². The summed E-state index contributed by atoms with van der Waals surface area (Å²) in [5.74, 6) is -1.39. The molecule has 6 nitrogen and oxygen atoms in total. The van der Waals surface area contributed by atoms with Gasteiger partial charge in [-0.1, -0.05) is 0 Å². The Labute approximate surface area is 148 Å². The highest BCUT2D eigenvalue weighted by Gasteiger charge is 2.18. The van der Waals surface area contributed by atoms with E-state index in [-0.39, 0.29) is 30.1 Å². The lowest BCUT2D eigenvalue weighted by Gasteiger charge is -2.10. The number of aromatic nitrogens is 1. The maximum atomic E-state index is 12.9. The summed E-state index contributed by atoms with van der Waals surface area (Å²) >= 11 is 1.25. The first-order chi connectivity index (χ1) is 12.1. The number of hydrogen-bond acceptors (Lipinski definition) is 6. The van der Waals surface area contributed by atoms with E-state index in [1.165, 1.54) is 23.5 Å². The summed E-state index contributed by atoms with van der Waals surface area (Å²) in [4.78, 5) is 27.8. The predicted octanol–water partition coefficient (Wildman–Crippen LogP) is 2.40. The minimum absolute atomic E-state index is 0.0384. The van der Waals surface area contributed by atoms with Gasteiger partial charge in [-0.3, -0.25) is 4.79 Å². The minimum Gasteiger partial charge on any atom is -0.451 e. The quantitative estimate of drug-likeness (QED) is 0.797. The standard InChI is InChI=1S/C17H17FN2O4S/c18-12-5-3-11(4-6-12)16-20-14(10-25-16)17(22)24-9-15(21)19-8-13-2-1-7-23-13/h3-6,10,13H,1-2,7-9H2,(H,19,21)/t13-/m0/s1. The van der Waals surface area contributed by atoms with Crippen LogP contribution in [-0.4, -0.2) is 42.7 Å². The maximum absolute atomic E-state index is 12.9. The van der Waals surface area contributed by atoms with Crippen molar-refractivity contribution < 1.29 is 23.5 Å². The molecule has 1 aliphatic heterocycles. The Bertz CT molecular complexity index is 741. The fourth-order valence-corrected chi connectivity index (χ4v) is 3.18. The van der Waals surface area contributed by atoms with Crippen LogP contribution < -0.4 is 5.32 Å². The van der Waals surface area contributed by atoms with Gasteiger partial charge in [0, 0.05) is 24.1 Å². The van der Waals surface area contributed by atoms with E-state index < -0.39 is 5.97 Å². The van der Waals surface area contributed by atoms with Gasteiger partial charge in [-0.05, 0) is 37.1 Å². The summed E-state index contributed by atoms with van der Waals surface area (Å²) in [6.45, 7) is 0.770. The van der Waals surface area contributed by atoms with Gasteiger partial charge in [0.15, 0.2) is 12.3 Å². The molecule has 1 aromatic heterocycles. The summed E-state index contributed by atoms with van der Waals surface area (Å²) < 4.78 is 23.3. The Balaban J connectivity index is 1.48. The molecule has 1 N–H and O–H groups in total. The predicted molar refractivity (Wildman–Crippen MR) is 89.8 cm³/mol. The van der Waals surface area contributed by atoms with E-state index in [2.05, 4.69) is 10.3 Å². The third-order valence-electron chi connectivity index (χ3n) is 3.69. The molecule has 25 heavy (non-hydrogen) atoms. The maximum Gasteiger partial charge on any atom is 0.358 e. The molecule has 0 saturated carbocycles. The molecule has 0 bridgehead atoms. The van der Waals surface area contributed by atoms with Gasteiger partial charge < -0.3 is 14.8 Å². The van der Waals surface area contributed by atoms with E-state index >= 15 is 0 Å². The van der Waals surface area contributed by atoms with Crippen LogP contribution in [0, 0.1) is 5.82 Å². The van der Waals surface area contributed by atoms with Gasteiger partial charge in [0.05, 0.1) is 6.10 Å². The van der Waals surface area contributed by atoms with Crippen LogP contribution in [0.15, 0.2) is 29.6 Å². The number of amides is 1. The molecule has 0 radical (unpaired) electrons. The van der Waals surface area contributed by atoms with Gasteiger partial charge >= 0.3 is 5.97 Å². The molecule has 1 fully saturated rings. The van der Waals surface area contributed by atoms with E-state index in [1.54, 1.807) is 17.5 Å². The Morgan fingerprint density at radius 3 is 2.88 bits per heavy atom. The van der Waals surface area contributed by atoms with Crippen LogP contribution in [0.2, 0.25) is 0 Å². The average Bonchev–Trinajstić information content (AvgIpc) is 3.30. The lowest BCUT2D eigenvalue weighted by molar-refractivity contribution is -0.124. The van der Waals surface area contributed by atoms with Crippen molar-refractivity contribution in [2.45, 2.75) is 18.9 Å². The van der Waals surface area contributed by atoms with Crippen LogP contribution >= 0.6 is 11.3 Å². The first-order valence-corrected chi connectivity index (χ1v) is 8.76. The number of ether oxygens (including phenoxy) is 2. The van der Waals surface area contributed by atoms with Crippen molar-refractivity contribution in [3.8, 4) is 10.6 Å². The number of rotatable bonds is 6. The SMILES string of the molecule is O=C(COC(=O)c1csc(-c2ccc(F)cc2)n1)NC[C@@H]1CCCO1. The van der Waals surface area contributed by atoms with Crippen molar-refractivity contribution in [3.63, 3.8) is 0 Å². The van der Waals surface area contributed by atoms with Crippen molar-refractivity contribution in [3.05, 3.63) is 41.2 Å². The normalized spacial score (nSPS) is 16.6. The molecule has 0 spiro atoms. The summed E-state index contributed by atoms with van der Waals surface area (Å²) in [5.41, 5.74) is 0.830. The number of carbonyl (C=O) groups is 2. The Morgan fingerprint density at radius 1 is 1.36 bits per heavy atom. The number of thiazole rings is 1. The molecule has 1 aromatic carbocycles. The summed E-state index contributed by atoms with van der Waals surface area (Å²) in [7, 11) is 0. The molecule has 1 atom stereocenters. The second-order valence-electron chi connectivity index (χ2n) is 5.56. The summed E-state index contributed by atoms with van der Waals surface area (Å²) in [6.07, 6.45) is 1.96. The van der Waals surface area contributed by atoms with Crippen LogP contribution in [0.3, 0.4) is 0 Å². The van der Waals surface area contributed by atoms with Gasteiger partial charge in [0.2, 0.25) is 0 Å². The zero-order chi connectivity index (χ0) is 17.6. The van der Waals surface area contributed by atoms with Crippen molar-refractivity contribution in [2.75, 3.05) is 19.8 Å². The zero-order valence-electron chi connectivity index (χ0n) is 13.4. The van der Waals surface area contributed by atoms with Crippen LogP contribution in [0.25, 0.3) is 10.6 Å². The van der Waals surface area contributed by atoms with Crippen molar-refractivity contribution in [1.29, 1.82) is 0 Å². The molecular formula is C17H17FN2O4S. The first kappa shape index (κ1) is 17.5. The highest BCUT2D eigenvalue weighted by molar-refractivity contribution is 7.13. The lowest BCUT2D eigenvalue weighted by atomic mass is 10.2. The molecule has 1 saturated heterocycles. The fraction of sp³-hybridized carbons (Fsp3) is 0.353. The van der Waals surface area contributed by atoms with Gasteiger partial charge in [-0.25, -0.2) is 14.2 Å². The second kappa shape index (κ2) is 8.17. The molecule has 8 heteroatoms. The number of nitrogens with zero attached hydrogens (tertiary/aromatic N) is 1. The summed E-state index contributed by atoms with van der Waals surface area (Å²) in [6, 6.07) is 5.82. The molecule has 1 amide bonds. The first-order valence-electron chi connectivity index (χ1n) is 7.89. The largest absolute Gasteiger partial charge is 0.451 e. The Kier molecular flexibility index (Phi) is 5.72. The monoisotopic (exact) mass is 364 g/mol.